The predicted octanol–water partition coefficient (Wildman–Crippen LogP) is 3.46. The Morgan fingerprint density at radius 3 is 2.59 bits per heavy atom. The Kier molecular flexibility index (Phi) is 5.62. The van der Waals surface area contributed by atoms with E-state index in [9.17, 15) is 13.2 Å². The summed E-state index contributed by atoms with van der Waals surface area (Å²) in [5, 5.41) is 3.22. The Morgan fingerprint density at radius 2 is 1.96 bits per heavy atom. The average molecular weight is 409 g/mol. The Balaban J connectivity index is 1.83. The van der Waals surface area contributed by atoms with Crippen molar-refractivity contribution in [3.63, 3.8) is 0 Å². The number of hydrogen-bond donors (Lipinski definition) is 1. The van der Waals surface area contributed by atoms with Crippen LogP contribution in [-0.4, -0.2) is 33.2 Å². The number of anilines is 2. The van der Waals surface area contributed by atoms with Crippen LogP contribution in [0, 0.1) is 0 Å². The van der Waals surface area contributed by atoms with Gasteiger partial charge in [-0.3, -0.25) is 9.10 Å². The van der Waals surface area contributed by atoms with Gasteiger partial charge in [0.05, 0.1) is 11.9 Å². The lowest BCUT2D eigenvalue weighted by molar-refractivity contribution is -0.122. The molecule has 0 spiro atoms. The molecule has 144 valence electrons. The number of sulfonamides is 1. The molecule has 1 amide bonds. The first kappa shape index (κ1) is 19.5. The number of rotatable bonds is 4. The zero-order valence-electron chi connectivity index (χ0n) is 15.1. The van der Waals surface area contributed by atoms with E-state index >= 15 is 0 Å². The number of carbonyl (C=O) groups excluding carboxylic acids is 1. The smallest absolute Gasteiger partial charge is 0.265 e. The number of aryl methyl sites for hydroxylation is 1. The minimum atomic E-state index is -3.53. The molecular weight excluding hydrogens is 388 g/mol. The standard InChI is InChI=1S/C19H21ClN2O4S/c1-3-13-4-7-15(8-5-13)21-19(23)18-10-11-22(27(2,24)25)16-12-14(20)6-9-17(16)26-18/h4-9,12,18H,3,10-11H2,1-2H3,(H,21,23)/t18-/m0/s1. The van der Waals surface area contributed by atoms with Crippen LogP contribution in [0.4, 0.5) is 11.4 Å². The summed E-state index contributed by atoms with van der Waals surface area (Å²) in [5.41, 5.74) is 2.18. The Bertz CT molecular complexity index is 945. The molecule has 8 heteroatoms. The highest BCUT2D eigenvalue weighted by Crippen LogP contribution is 2.36. The summed E-state index contributed by atoms with van der Waals surface area (Å²) < 4.78 is 31.4. The molecule has 0 aliphatic carbocycles. The normalized spacial score (nSPS) is 16.9. The molecule has 1 N–H and O–H groups in total. The van der Waals surface area contributed by atoms with Crippen LogP contribution in [0.3, 0.4) is 0 Å². The molecule has 0 radical (unpaired) electrons. The Hall–Kier alpha value is -2.25. The third-order valence-electron chi connectivity index (χ3n) is 4.38. The second-order valence-electron chi connectivity index (χ2n) is 6.38. The molecule has 1 atom stereocenters. The van der Waals surface area contributed by atoms with E-state index in [4.69, 9.17) is 16.3 Å². The molecule has 3 rings (SSSR count). The Morgan fingerprint density at radius 1 is 1.26 bits per heavy atom. The van der Waals surface area contributed by atoms with Crippen molar-refractivity contribution in [1.82, 2.24) is 0 Å². The van der Waals surface area contributed by atoms with Gasteiger partial charge in [0.25, 0.3) is 5.91 Å². The number of carbonyl (C=O) groups is 1. The van der Waals surface area contributed by atoms with E-state index in [0.29, 0.717) is 22.1 Å². The van der Waals surface area contributed by atoms with Crippen molar-refractivity contribution in [2.45, 2.75) is 25.9 Å². The molecular formula is C19H21ClN2O4S. The minimum absolute atomic E-state index is 0.124. The molecule has 1 aliphatic heterocycles. The fraction of sp³-hybridized carbons (Fsp3) is 0.316. The summed E-state index contributed by atoms with van der Waals surface area (Å²) in [5.74, 6) is -0.0145. The van der Waals surface area contributed by atoms with Crippen molar-refractivity contribution in [3.8, 4) is 5.75 Å². The monoisotopic (exact) mass is 408 g/mol. The number of nitrogens with zero attached hydrogens (tertiary/aromatic N) is 1. The lowest BCUT2D eigenvalue weighted by atomic mass is 10.1. The van der Waals surface area contributed by atoms with Crippen LogP contribution in [0.15, 0.2) is 42.5 Å². The first-order valence-electron chi connectivity index (χ1n) is 8.61. The zero-order chi connectivity index (χ0) is 19.6. The third kappa shape index (κ3) is 4.54. The molecule has 2 aromatic rings. The molecule has 6 nitrogen and oxygen atoms in total. The summed E-state index contributed by atoms with van der Waals surface area (Å²) >= 11 is 6.02. The van der Waals surface area contributed by atoms with Crippen molar-refractivity contribution in [2.24, 2.45) is 0 Å². The summed E-state index contributed by atoms with van der Waals surface area (Å²) in [7, 11) is -3.53. The van der Waals surface area contributed by atoms with Gasteiger partial charge >= 0.3 is 0 Å². The highest BCUT2D eigenvalue weighted by Gasteiger charge is 2.31. The lowest BCUT2D eigenvalue weighted by Crippen LogP contribution is -2.35. The van der Waals surface area contributed by atoms with Crippen molar-refractivity contribution in [3.05, 3.63) is 53.1 Å². The predicted molar refractivity (Wildman–Crippen MR) is 107 cm³/mol. The second kappa shape index (κ2) is 7.78. The first-order chi connectivity index (χ1) is 12.8. The SMILES string of the molecule is CCc1ccc(NC(=O)[C@@H]2CCN(S(C)(=O)=O)c3cc(Cl)ccc3O2)cc1. The maximum absolute atomic E-state index is 12.7. The number of ether oxygens (including phenoxy) is 1. The lowest BCUT2D eigenvalue weighted by Gasteiger charge is -2.21. The number of nitrogens with one attached hydrogen (secondary N) is 1. The molecule has 1 aliphatic rings. The number of hydrogen-bond acceptors (Lipinski definition) is 4. The summed E-state index contributed by atoms with van der Waals surface area (Å²) in [6.45, 7) is 2.18. The molecule has 0 bridgehead atoms. The topological polar surface area (TPSA) is 75.7 Å². The number of fused-ring (bicyclic) bond motifs is 1. The van der Waals surface area contributed by atoms with Crippen molar-refractivity contribution < 1.29 is 17.9 Å². The average Bonchev–Trinajstić information content (AvgIpc) is 2.81. The quantitative estimate of drug-likeness (QED) is 0.840. The van der Waals surface area contributed by atoms with E-state index in [-0.39, 0.29) is 18.9 Å². The van der Waals surface area contributed by atoms with Gasteiger partial charge in [0.2, 0.25) is 10.0 Å². The van der Waals surface area contributed by atoms with Gasteiger partial charge in [-0.05, 0) is 42.3 Å². The maximum atomic E-state index is 12.7. The van der Waals surface area contributed by atoms with Crippen molar-refractivity contribution >= 4 is 38.9 Å². The van der Waals surface area contributed by atoms with E-state index in [1.54, 1.807) is 12.1 Å². The van der Waals surface area contributed by atoms with E-state index in [2.05, 4.69) is 12.2 Å². The van der Waals surface area contributed by atoms with E-state index in [0.717, 1.165) is 12.7 Å². The largest absolute Gasteiger partial charge is 0.478 e. The maximum Gasteiger partial charge on any atom is 0.265 e. The van der Waals surface area contributed by atoms with Crippen LogP contribution in [-0.2, 0) is 21.2 Å². The fourth-order valence-corrected chi connectivity index (χ4v) is 4.03. The summed E-state index contributed by atoms with van der Waals surface area (Å²) in [6, 6.07) is 12.3. The van der Waals surface area contributed by atoms with Gasteiger partial charge in [0.1, 0.15) is 5.75 Å². The number of benzene rings is 2. The van der Waals surface area contributed by atoms with E-state index in [1.807, 2.05) is 24.3 Å². The van der Waals surface area contributed by atoms with Crippen LogP contribution in [0.2, 0.25) is 5.02 Å². The minimum Gasteiger partial charge on any atom is -0.478 e. The van der Waals surface area contributed by atoms with Gasteiger partial charge in [-0.25, -0.2) is 8.42 Å². The summed E-state index contributed by atoms with van der Waals surface area (Å²) in [4.78, 5) is 12.7. The molecule has 0 saturated carbocycles. The first-order valence-corrected chi connectivity index (χ1v) is 10.8. The Labute approximate surface area is 164 Å². The van der Waals surface area contributed by atoms with Gasteiger partial charge in [0.15, 0.2) is 6.10 Å². The van der Waals surface area contributed by atoms with Gasteiger partial charge < -0.3 is 10.1 Å². The molecule has 0 saturated heterocycles. The van der Waals surface area contributed by atoms with Crippen molar-refractivity contribution in [2.75, 3.05) is 22.4 Å². The summed E-state index contributed by atoms with van der Waals surface area (Å²) in [6.07, 6.45) is 1.44. The van der Waals surface area contributed by atoms with Crippen LogP contribution >= 0.6 is 11.6 Å². The van der Waals surface area contributed by atoms with Crippen molar-refractivity contribution in [1.29, 1.82) is 0 Å². The molecule has 2 aromatic carbocycles. The second-order valence-corrected chi connectivity index (χ2v) is 8.73. The van der Waals surface area contributed by atoms with Gasteiger partial charge in [-0.15, -0.1) is 0 Å². The molecule has 0 fully saturated rings. The van der Waals surface area contributed by atoms with Gasteiger partial charge in [0, 0.05) is 23.7 Å². The van der Waals surface area contributed by atoms with Crippen LogP contribution in [0.25, 0.3) is 0 Å². The molecule has 0 aromatic heterocycles. The zero-order valence-corrected chi connectivity index (χ0v) is 16.7. The number of halogens is 1. The van der Waals surface area contributed by atoms with Gasteiger partial charge in [-0.1, -0.05) is 30.7 Å². The van der Waals surface area contributed by atoms with Crippen LogP contribution in [0.5, 0.6) is 5.75 Å². The van der Waals surface area contributed by atoms with Crippen LogP contribution in [0.1, 0.15) is 18.9 Å². The third-order valence-corrected chi connectivity index (χ3v) is 5.79. The molecule has 1 heterocycles. The van der Waals surface area contributed by atoms with Gasteiger partial charge in [-0.2, -0.15) is 0 Å². The molecule has 0 unspecified atom stereocenters. The van der Waals surface area contributed by atoms with Crippen LogP contribution < -0.4 is 14.4 Å². The van der Waals surface area contributed by atoms with E-state index in [1.165, 1.54) is 15.9 Å². The number of amides is 1. The molecule has 27 heavy (non-hydrogen) atoms. The highest BCUT2D eigenvalue weighted by molar-refractivity contribution is 7.92. The van der Waals surface area contributed by atoms with E-state index < -0.39 is 16.1 Å². The highest BCUT2D eigenvalue weighted by atomic mass is 35.5. The fourth-order valence-electron chi connectivity index (χ4n) is 2.93.